The molecule has 0 saturated heterocycles. The van der Waals surface area contributed by atoms with E-state index in [1.165, 1.54) is 0 Å². The lowest BCUT2D eigenvalue weighted by Crippen LogP contribution is -2.38. The fraction of sp³-hybridized carbons (Fsp3) is 0.500. The van der Waals surface area contributed by atoms with Gasteiger partial charge in [-0.05, 0) is 38.5 Å². The van der Waals surface area contributed by atoms with Gasteiger partial charge in [-0.2, -0.15) is 0 Å². The molecule has 0 spiro atoms. The maximum atomic E-state index is 12.4. The third-order valence-corrected chi connectivity index (χ3v) is 3.41. The first kappa shape index (κ1) is 15.4. The Balaban J connectivity index is 2.38. The molecule has 114 valence electrons. The molecule has 2 amide bonds. The lowest BCUT2D eigenvalue weighted by atomic mass is 9.87. The van der Waals surface area contributed by atoms with Gasteiger partial charge in [-0.1, -0.05) is 19.9 Å². The molecule has 1 aromatic rings. The molecular weight excluding hydrogens is 268 g/mol. The Labute approximate surface area is 125 Å². The van der Waals surface area contributed by atoms with Crippen LogP contribution in [0, 0.1) is 0 Å². The normalized spacial score (nSPS) is 16.3. The third-order valence-electron chi connectivity index (χ3n) is 3.41. The molecule has 21 heavy (non-hydrogen) atoms. The summed E-state index contributed by atoms with van der Waals surface area (Å²) >= 11 is 0. The molecule has 0 unspecified atom stereocenters. The fourth-order valence-electron chi connectivity index (χ4n) is 2.53. The van der Waals surface area contributed by atoms with Gasteiger partial charge >= 0.3 is 6.09 Å². The van der Waals surface area contributed by atoms with Crippen LogP contribution in [0.25, 0.3) is 0 Å². The molecule has 0 fully saturated rings. The van der Waals surface area contributed by atoms with E-state index in [9.17, 15) is 9.59 Å². The van der Waals surface area contributed by atoms with Crippen LogP contribution in [0.1, 0.15) is 40.2 Å². The predicted octanol–water partition coefficient (Wildman–Crippen LogP) is 3.29. The molecule has 0 bridgehead atoms. The van der Waals surface area contributed by atoms with E-state index in [-0.39, 0.29) is 11.5 Å². The monoisotopic (exact) mass is 290 g/mol. The number of carbonyl (C=O) groups excluding carboxylic acids is 2. The zero-order valence-corrected chi connectivity index (χ0v) is 13.2. The summed E-state index contributed by atoms with van der Waals surface area (Å²) in [6, 6.07) is 5.60. The van der Waals surface area contributed by atoms with Gasteiger partial charge in [0.2, 0.25) is 6.41 Å². The van der Waals surface area contributed by atoms with Crippen LogP contribution in [-0.2, 0) is 14.9 Å². The van der Waals surface area contributed by atoms with Gasteiger partial charge in [0, 0.05) is 17.6 Å². The quantitative estimate of drug-likeness (QED) is 0.850. The topological polar surface area (TPSA) is 58.6 Å². The van der Waals surface area contributed by atoms with Crippen molar-refractivity contribution in [3.05, 3.63) is 23.8 Å². The van der Waals surface area contributed by atoms with Crippen molar-refractivity contribution in [3.63, 3.8) is 0 Å². The molecule has 0 aliphatic carbocycles. The summed E-state index contributed by atoms with van der Waals surface area (Å²) in [5, 5.41) is 2.61. The number of rotatable bonds is 2. The van der Waals surface area contributed by atoms with Crippen molar-refractivity contribution in [1.82, 2.24) is 0 Å². The first-order valence-corrected chi connectivity index (χ1v) is 6.99. The number of nitrogens with zero attached hydrogens (tertiary/aromatic N) is 1. The van der Waals surface area contributed by atoms with Crippen molar-refractivity contribution >= 4 is 23.9 Å². The second kappa shape index (κ2) is 5.06. The van der Waals surface area contributed by atoms with Crippen molar-refractivity contribution in [1.29, 1.82) is 0 Å². The Hall–Kier alpha value is -2.04. The number of hydrogen-bond acceptors (Lipinski definition) is 3. The molecule has 0 aromatic heterocycles. The van der Waals surface area contributed by atoms with Gasteiger partial charge < -0.3 is 10.1 Å². The first-order valence-electron chi connectivity index (χ1n) is 6.99. The summed E-state index contributed by atoms with van der Waals surface area (Å²) < 4.78 is 5.47. The highest BCUT2D eigenvalue weighted by molar-refractivity contribution is 5.93. The van der Waals surface area contributed by atoms with Crippen molar-refractivity contribution in [2.75, 3.05) is 16.8 Å². The van der Waals surface area contributed by atoms with Gasteiger partial charge in [0.15, 0.2) is 0 Å². The molecule has 0 radical (unpaired) electrons. The smallest absolute Gasteiger partial charge is 0.414 e. The third kappa shape index (κ3) is 3.17. The highest BCUT2D eigenvalue weighted by atomic mass is 16.6. The molecule has 0 atom stereocenters. The average molecular weight is 290 g/mol. The molecular formula is C16H22N2O3. The van der Waals surface area contributed by atoms with Crippen LogP contribution >= 0.6 is 0 Å². The van der Waals surface area contributed by atoms with E-state index in [1.54, 1.807) is 4.90 Å². The molecule has 1 N–H and O–H groups in total. The second-order valence-electron chi connectivity index (χ2n) is 6.94. The molecule has 5 nitrogen and oxygen atoms in total. The fourth-order valence-corrected chi connectivity index (χ4v) is 2.53. The Morgan fingerprint density at radius 2 is 2.05 bits per heavy atom. The molecule has 1 heterocycles. The SMILES string of the molecule is CC(C)(C)OC(=O)N1CC(C)(C)c2ccc(NC=O)cc21. The van der Waals surface area contributed by atoms with Gasteiger partial charge in [0.1, 0.15) is 5.60 Å². The summed E-state index contributed by atoms with van der Waals surface area (Å²) in [6.07, 6.45) is 0.261. The second-order valence-corrected chi connectivity index (χ2v) is 6.94. The van der Waals surface area contributed by atoms with Crippen LogP contribution in [0.5, 0.6) is 0 Å². The minimum atomic E-state index is -0.539. The van der Waals surface area contributed by atoms with E-state index < -0.39 is 5.60 Å². The van der Waals surface area contributed by atoms with E-state index in [0.29, 0.717) is 18.6 Å². The zero-order valence-electron chi connectivity index (χ0n) is 13.2. The number of amides is 2. The first-order chi connectivity index (χ1) is 9.64. The Bertz CT molecular complexity index is 573. The molecule has 5 heteroatoms. The Morgan fingerprint density at radius 3 is 2.62 bits per heavy atom. The van der Waals surface area contributed by atoms with E-state index in [0.717, 1.165) is 11.3 Å². The maximum Gasteiger partial charge on any atom is 0.414 e. The van der Waals surface area contributed by atoms with E-state index in [2.05, 4.69) is 19.2 Å². The van der Waals surface area contributed by atoms with Gasteiger partial charge in [-0.3, -0.25) is 9.69 Å². The molecule has 0 saturated carbocycles. The highest BCUT2D eigenvalue weighted by Gasteiger charge is 2.39. The minimum Gasteiger partial charge on any atom is -0.443 e. The number of ether oxygens (including phenoxy) is 1. The summed E-state index contributed by atoms with van der Waals surface area (Å²) in [5.41, 5.74) is 1.84. The van der Waals surface area contributed by atoms with Crippen LogP contribution in [0.4, 0.5) is 16.2 Å². The van der Waals surface area contributed by atoms with Crippen LogP contribution < -0.4 is 10.2 Å². The number of benzene rings is 1. The summed E-state index contributed by atoms with van der Waals surface area (Å²) in [7, 11) is 0. The lowest BCUT2D eigenvalue weighted by Gasteiger charge is -2.26. The number of nitrogens with one attached hydrogen (secondary N) is 1. The molecule has 2 rings (SSSR count). The van der Waals surface area contributed by atoms with Gasteiger partial charge in [-0.25, -0.2) is 4.79 Å². The standard InChI is InChI=1S/C16H22N2O3/c1-15(2,3)21-14(20)18-9-16(4,5)12-7-6-11(17-10-19)8-13(12)18/h6-8,10H,9H2,1-5H3,(H,17,19). The molecule has 1 aliphatic rings. The summed E-state index contributed by atoms with van der Waals surface area (Å²) in [6.45, 7) is 10.3. The zero-order chi connectivity index (χ0) is 15.8. The van der Waals surface area contributed by atoms with Gasteiger partial charge in [-0.15, -0.1) is 0 Å². The van der Waals surface area contributed by atoms with Crippen molar-refractivity contribution in [2.24, 2.45) is 0 Å². The van der Waals surface area contributed by atoms with Crippen LogP contribution in [0.3, 0.4) is 0 Å². The van der Waals surface area contributed by atoms with Crippen molar-refractivity contribution in [2.45, 2.75) is 45.6 Å². The predicted molar refractivity (Wildman–Crippen MR) is 82.7 cm³/mol. The molecule has 1 aromatic carbocycles. The largest absolute Gasteiger partial charge is 0.443 e. The number of anilines is 2. The van der Waals surface area contributed by atoms with E-state index >= 15 is 0 Å². The number of fused-ring (bicyclic) bond motifs is 1. The lowest BCUT2D eigenvalue weighted by molar-refractivity contribution is -0.105. The number of carbonyl (C=O) groups is 2. The molecule has 1 aliphatic heterocycles. The van der Waals surface area contributed by atoms with Crippen molar-refractivity contribution in [3.8, 4) is 0 Å². The van der Waals surface area contributed by atoms with Gasteiger partial charge in [0.25, 0.3) is 0 Å². The minimum absolute atomic E-state index is 0.147. The highest BCUT2D eigenvalue weighted by Crippen LogP contribution is 2.42. The maximum absolute atomic E-state index is 12.4. The van der Waals surface area contributed by atoms with E-state index in [1.807, 2.05) is 39.0 Å². The van der Waals surface area contributed by atoms with Gasteiger partial charge in [0.05, 0.1) is 5.69 Å². The Morgan fingerprint density at radius 1 is 1.38 bits per heavy atom. The van der Waals surface area contributed by atoms with E-state index in [4.69, 9.17) is 4.74 Å². The summed E-state index contributed by atoms with van der Waals surface area (Å²) in [5.74, 6) is 0. The summed E-state index contributed by atoms with van der Waals surface area (Å²) in [4.78, 5) is 24.6. The van der Waals surface area contributed by atoms with Crippen molar-refractivity contribution < 1.29 is 14.3 Å². The average Bonchev–Trinajstić information content (AvgIpc) is 2.60. The van der Waals surface area contributed by atoms with Crippen LogP contribution in [0.15, 0.2) is 18.2 Å². The van der Waals surface area contributed by atoms with Crippen LogP contribution in [-0.4, -0.2) is 24.6 Å². The Kier molecular flexibility index (Phi) is 3.70. The number of hydrogen-bond donors (Lipinski definition) is 1. The van der Waals surface area contributed by atoms with Crippen LogP contribution in [0.2, 0.25) is 0 Å².